The molecule has 2 heterocycles. The number of hydrogen-bond donors (Lipinski definition) is 0. The van der Waals surface area contributed by atoms with E-state index in [9.17, 15) is 9.59 Å². The van der Waals surface area contributed by atoms with Gasteiger partial charge in [0.2, 0.25) is 6.10 Å². The molecular formula is C23H27NO4. The van der Waals surface area contributed by atoms with Crippen molar-refractivity contribution in [2.75, 3.05) is 0 Å². The van der Waals surface area contributed by atoms with Crippen molar-refractivity contribution in [1.82, 2.24) is 4.98 Å². The van der Waals surface area contributed by atoms with Crippen LogP contribution in [0, 0.1) is 11.3 Å². The monoisotopic (exact) mass is 381 g/mol. The van der Waals surface area contributed by atoms with Crippen LogP contribution in [0.15, 0.2) is 24.3 Å². The molecule has 0 spiro atoms. The molecule has 0 radical (unpaired) electrons. The van der Waals surface area contributed by atoms with Crippen LogP contribution in [-0.4, -0.2) is 29.1 Å². The molecule has 5 nitrogen and oxygen atoms in total. The van der Waals surface area contributed by atoms with E-state index in [0.29, 0.717) is 17.9 Å². The summed E-state index contributed by atoms with van der Waals surface area (Å²) in [5.41, 5.74) is 3.48. The SMILES string of the molecule is CC1CC(OC(=O)c2c3c(nc4ccccc24)CCC(C(C)(C)C)C3)C(=O)O1. The highest BCUT2D eigenvalue weighted by molar-refractivity contribution is 6.05. The van der Waals surface area contributed by atoms with Crippen molar-refractivity contribution in [2.24, 2.45) is 11.3 Å². The molecule has 1 fully saturated rings. The predicted molar refractivity (Wildman–Crippen MR) is 106 cm³/mol. The van der Waals surface area contributed by atoms with E-state index in [1.807, 2.05) is 31.2 Å². The summed E-state index contributed by atoms with van der Waals surface area (Å²) >= 11 is 0. The number of nitrogens with zero attached hydrogens (tertiary/aromatic N) is 1. The van der Waals surface area contributed by atoms with Crippen molar-refractivity contribution in [1.29, 1.82) is 0 Å². The van der Waals surface area contributed by atoms with Gasteiger partial charge in [-0.25, -0.2) is 9.59 Å². The molecule has 3 atom stereocenters. The zero-order chi connectivity index (χ0) is 20.1. The fraction of sp³-hybridized carbons (Fsp3) is 0.522. The van der Waals surface area contributed by atoms with Crippen LogP contribution in [-0.2, 0) is 27.1 Å². The summed E-state index contributed by atoms with van der Waals surface area (Å²) in [6.07, 6.45) is 2.06. The van der Waals surface area contributed by atoms with Gasteiger partial charge in [0, 0.05) is 17.5 Å². The van der Waals surface area contributed by atoms with E-state index in [4.69, 9.17) is 14.5 Å². The average molecular weight is 381 g/mol. The lowest BCUT2D eigenvalue weighted by Crippen LogP contribution is -2.30. The summed E-state index contributed by atoms with van der Waals surface area (Å²) in [5.74, 6) is -0.438. The van der Waals surface area contributed by atoms with Gasteiger partial charge in [0.1, 0.15) is 6.10 Å². The van der Waals surface area contributed by atoms with Crippen LogP contribution < -0.4 is 0 Å². The van der Waals surface area contributed by atoms with E-state index in [1.54, 1.807) is 0 Å². The van der Waals surface area contributed by atoms with Crippen LogP contribution in [0.1, 0.15) is 62.2 Å². The average Bonchev–Trinajstić information content (AvgIpc) is 2.95. The van der Waals surface area contributed by atoms with Gasteiger partial charge in [-0.05, 0) is 49.1 Å². The Morgan fingerprint density at radius 1 is 1.25 bits per heavy atom. The highest BCUT2D eigenvalue weighted by atomic mass is 16.6. The highest BCUT2D eigenvalue weighted by Crippen LogP contribution is 2.39. The maximum atomic E-state index is 13.2. The number of aromatic nitrogens is 1. The van der Waals surface area contributed by atoms with Gasteiger partial charge in [-0.1, -0.05) is 39.0 Å². The second-order valence-electron chi connectivity index (χ2n) is 9.11. The van der Waals surface area contributed by atoms with E-state index in [0.717, 1.165) is 41.4 Å². The van der Waals surface area contributed by atoms with Crippen LogP contribution in [0.5, 0.6) is 0 Å². The standard InChI is InChI=1S/C23H27NO4/c1-13-11-19(21(25)27-13)28-22(26)20-15-7-5-6-8-17(15)24-18-10-9-14(12-16(18)20)23(2,3)4/h5-8,13-14,19H,9-12H2,1-4H3. The lowest BCUT2D eigenvalue weighted by atomic mass is 9.70. The largest absolute Gasteiger partial charge is 0.460 e. The Hall–Kier alpha value is -2.43. The number of para-hydroxylation sites is 1. The molecule has 1 aliphatic carbocycles. The topological polar surface area (TPSA) is 65.5 Å². The molecular weight excluding hydrogens is 354 g/mol. The van der Waals surface area contributed by atoms with Crippen LogP contribution in [0.4, 0.5) is 0 Å². The van der Waals surface area contributed by atoms with Crippen molar-refractivity contribution in [3.05, 3.63) is 41.1 Å². The van der Waals surface area contributed by atoms with Gasteiger partial charge in [0.25, 0.3) is 0 Å². The summed E-state index contributed by atoms with van der Waals surface area (Å²) < 4.78 is 10.8. The number of benzene rings is 1. The zero-order valence-electron chi connectivity index (χ0n) is 17.0. The molecule has 0 N–H and O–H groups in total. The summed E-state index contributed by atoms with van der Waals surface area (Å²) in [7, 11) is 0. The van der Waals surface area contributed by atoms with Crippen molar-refractivity contribution < 1.29 is 19.1 Å². The minimum atomic E-state index is -0.827. The first-order chi connectivity index (χ1) is 13.2. The minimum Gasteiger partial charge on any atom is -0.460 e. The molecule has 0 bridgehead atoms. The van der Waals surface area contributed by atoms with Gasteiger partial charge in [-0.15, -0.1) is 0 Å². The molecule has 0 amide bonds. The molecule has 1 aromatic heterocycles. The van der Waals surface area contributed by atoms with E-state index >= 15 is 0 Å². The molecule has 148 valence electrons. The van der Waals surface area contributed by atoms with E-state index in [2.05, 4.69) is 20.8 Å². The van der Waals surface area contributed by atoms with Gasteiger partial charge < -0.3 is 9.47 Å². The smallest absolute Gasteiger partial charge is 0.347 e. The number of cyclic esters (lactones) is 1. The lowest BCUT2D eigenvalue weighted by molar-refractivity contribution is -0.147. The fourth-order valence-corrected chi connectivity index (χ4v) is 4.37. The quantitative estimate of drug-likeness (QED) is 0.728. The Morgan fingerprint density at radius 3 is 2.68 bits per heavy atom. The van der Waals surface area contributed by atoms with Crippen molar-refractivity contribution in [3.63, 3.8) is 0 Å². The number of ether oxygens (including phenoxy) is 2. The third-order valence-electron chi connectivity index (χ3n) is 6.06. The van der Waals surface area contributed by atoms with Crippen molar-refractivity contribution in [2.45, 2.75) is 65.6 Å². The first-order valence-electron chi connectivity index (χ1n) is 10.1. The van der Waals surface area contributed by atoms with Crippen LogP contribution >= 0.6 is 0 Å². The Balaban J connectivity index is 1.77. The number of aryl methyl sites for hydroxylation is 1. The molecule has 0 saturated carbocycles. The maximum absolute atomic E-state index is 13.2. The summed E-state index contributed by atoms with van der Waals surface area (Å²) in [6.45, 7) is 8.53. The van der Waals surface area contributed by atoms with Gasteiger partial charge >= 0.3 is 11.9 Å². The van der Waals surface area contributed by atoms with Gasteiger partial charge in [0.05, 0.1) is 11.1 Å². The summed E-state index contributed by atoms with van der Waals surface area (Å²) in [6, 6.07) is 7.67. The van der Waals surface area contributed by atoms with E-state index in [1.165, 1.54) is 0 Å². The maximum Gasteiger partial charge on any atom is 0.347 e. The van der Waals surface area contributed by atoms with E-state index < -0.39 is 18.0 Å². The molecule has 1 aliphatic heterocycles. The normalized spacial score (nSPS) is 24.7. The summed E-state index contributed by atoms with van der Waals surface area (Å²) in [5, 5.41) is 0.792. The van der Waals surface area contributed by atoms with Gasteiger partial charge in [0.15, 0.2) is 0 Å². The molecule has 2 aromatic rings. The van der Waals surface area contributed by atoms with E-state index in [-0.39, 0.29) is 11.5 Å². The number of hydrogen-bond acceptors (Lipinski definition) is 5. The Morgan fingerprint density at radius 2 is 2.00 bits per heavy atom. The first-order valence-corrected chi connectivity index (χ1v) is 10.1. The molecule has 28 heavy (non-hydrogen) atoms. The molecule has 5 heteroatoms. The number of carbonyl (C=O) groups excluding carboxylic acids is 2. The lowest BCUT2D eigenvalue weighted by Gasteiger charge is -2.35. The van der Waals surface area contributed by atoms with Crippen LogP contribution in [0.2, 0.25) is 0 Å². The molecule has 1 aromatic carbocycles. The number of pyridine rings is 1. The third kappa shape index (κ3) is 3.38. The third-order valence-corrected chi connectivity index (χ3v) is 6.06. The predicted octanol–water partition coefficient (Wildman–Crippen LogP) is 4.25. The molecule has 4 rings (SSSR count). The number of carbonyl (C=O) groups is 2. The fourth-order valence-electron chi connectivity index (χ4n) is 4.37. The Bertz CT molecular complexity index is 944. The summed E-state index contributed by atoms with van der Waals surface area (Å²) in [4.78, 5) is 30.0. The van der Waals surface area contributed by atoms with Gasteiger partial charge in [-0.3, -0.25) is 4.98 Å². The highest BCUT2D eigenvalue weighted by Gasteiger charge is 2.37. The number of esters is 2. The number of rotatable bonds is 2. The Labute approximate surface area is 165 Å². The van der Waals surface area contributed by atoms with Crippen LogP contribution in [0.25, 0.3) is 10.9 Å². The molecule has 2 aliphatic rings. The minimum absolute atomic E-state index is 0.148. The molecule has 1 saturated heterocycles. The second kappa shape index (κ2) is 6.87. The molecule has 3 unspecified atom stereocenters. The van der Waals surface area contributed by atoms with Crippen molar-refractivity contribution >= 4 is 22.8 Å². The zero-order valence-corrected chi connectivity index (χ0v) is 17.0. The van der Waals surface area contributed by atoms with Crippen molar-refractivity contribution in [3.8, 4) is 0 Å². The first kappa shape index (κ1) is 18.9. The van der Waals surface area contributed by atoms with Crippen LogP contribution in [0.3, 0.4) is 0 Å². The second-order valence-corrected chi connectivity index (χ2v) is 9.11. The number of fused-ring (bicyclic) bond motifs is 2. The Kier molecular flexibility index (Phi) is 4.64. The van der Waals surface area contributed by atoms with Gasteiger partial charge in [-0.2, -0.15) is 0 Å².